The number of halogens is 3. The molecule has 2 aromatic rings. The van der Waals surface area contributed by atoms with Crippen LogP contribution in [0, 0.1) is 5.82 Å². The molecule has 0 radical (unpaired) electrons. The van der Waals surface area contributed by atoms with Gasteiger partial charge in [-0.15, -0.1) is 0 Å². The molecule has 0 atom stereocenters. The molecular formula is C14H9Cl2FO2. The highest BCUT2D eigenvalue weighted by atomic mass is 35.5. The summed E-state index contributed by atoms with van der Waals surface area (Å²) in [5.41, 5.74) is 0.364. The smallest absolute Gasteiger partial charge is 0.340 e. The van der Waals surface area contributed by atoms with Gasteiger partial charge in [-0.1, -0.05) is 41.4 Å². The molecule has 0 N–H and O–H groups in total. The van der Waals surface area contributed by atoms with Crippen LogP contribution in [0.1, 0.15) is 10.4 Å². The molecule has 0 spiro atoms. The topological polar surface area (TPSA) is 26.3 Å². The summed E-state index contributed by atoms with van der Waals surface area (Å²) in [5, 5.41) is 0.627. The van der Waals surface area contributed by atoms with E-state index in [1.54, 1.807) is 24.3 Å². The van der Waals surface area contributed by atoms with Gasteiger partial charge in [0.25, 0.3) is 0 Å². The molecule has 0 aliphatic carbocycles. The van der Waals surface area contributed by atoms with Crippen molar-refractivity contribution in [1.82, 2.24) is 0 Å². The van der Waals surface area contributed by atoms with E-state index in [1.165, 1.54) is 19.2 Å². The third-order valence-electron chi connectivity index (χ3n) is 2.64. The fraction of sp³-hybridized carbons (Fsp3) is 0.0714. The van der Waals surface area contributed by atoms with E-state index < -0.39 is 11.8 Å². The van der Waals surface area contributed by atoms with Crippen molar-refractivity contribution in [3.63, 3.8) is 0 Å². The van der Waals surface area contributed by atoms with E-state index in [0.717, 1.165) is 0 Å². The van der Waals surface area contributed by atoms with Gasteiger partial charge in [0.2, 0.25) is 0 Å². The first-order valence-electron chi connectivity index (χ1n) is 5.37. The van der Waals surface area contributed by atoms with Crippen molar-refractivity contribution < 1.29 is 13.9 Å². The largest absolute Gasteiger partial charge is 0.465 e. The van der Waals surface area contributed by atoms with E-state index in [9.17, 15) is 9.18 Å². The maximum Gasteiger partial charge on any atom is 0.340 e. The lowest BCUT2D eigenvalue weighted by Gasteiger charge is -2.10. The summed E-state index contributed by atoms with van der Waals surface area (Å²) in [6.45, 7) is 0. The molecule has 0 aliphatic heterocycles. The predicted molar refractivity (Wildman–Crippen MR) is 73.2 cm³/mol. The van der Waals surface area contributed by atoms with Gasteiger partial charge >= 0.3 is 5.97 Å². The average molecular weight is 299 g/mol. The number of hydrogen-bond acceptors (Lipinski definition) is 2. The summed E-state index contributed by atoms with van der Waals surface area (Å²) in [4.78, 5) is 11.5. The van der Waals surface area contributed by atoms with Crippen LogP contribution in [0.5, 0.6) is 0 Å². The molecule has 2 aromatic carbocycles. The summed E-state index contributed by atoms with van der Waals surface area (Å²) in [6.07, 6.45) is 0. The van der Waals surface area contributed by atoms with Crippen molar-refractivity contribution >= 4 is 29.2 Å². The molecule has 0 fully saturated rings. The van der Waals surface area contributed by atoms with Crippen LogP contribution in [0.15, 0.2) is 36.4 Å². The zero-order chi connectivity index (χ0) is 14.0. The average Bonchev–Trinajstić information content (AvgIpc) is 2.39. The zero-order valence-electron chi connectivity index (χ0n) is 9.91. The van der Waals surface area contributed by atoms with Gasteiger partial charge in [0.1, 0.15) is 5.82 Å². The Labute approximate surface area is 119 Å². The quantitative estimate of drug-likeness (QED) is 0.758. The first-order valence-corrected chi connectivity index (χ1v) is 6.13. The van der Waals surface area contributed by atoms with Gasteiger partial charge in [-0.2, -0.15) is 0 Å². The molecule has 5 heteroatoms. The second-order valence-corrected chi connectivity index (χ2v) is 4.57. The molecule has 0 aromatic heterocycles. The molecule has 0 unspecified atom stereocenters. The van der Waals surface area contributed by atoms with E-state index in [4.69, 9.17) is 23.2 Å². The van der Waals surface area contributed by atoms with Crippen molar-refractivity contribution in [2.24, 2.45) is 0 Å². The summed E-state index contributed by atoms with van der Waals surface area (Å²) >= 11 is 12.1. The summed E-state index contributed by atoms with van der Waals surface area (Å²) in [7, 11) is 1.19. The minimum Gasteiger partial charge on any atom is -0.465 e. The highest BCUT2D eigenvalue weighted by molar-refractivity contribution is 6.39. The minimum absolute atomic E-state index is 0.156. The molecule has 98 valence electrons. The van der Waals surface area contributed by atoms with Gasteiger partial charge in [0.15, 0.2) is 0 Å². The van der Waals surface area contributed by atoms with E-state index in [-0.39, 0.29) is 11.1 Å². The van der Waals surface area contributed by atoms with Crippen LogP contribution >= 0.6 is 23.2 Å². The molecule has 0 saturated heterocycles. The van der Waals surface area contributed by atoms with Gasteiger partial charge in [0, 0.05) is 21.2 Å². The first kappa shape index (κ1) is 13.8. The fourth-order valence-corrected chi connectivity index (χ4v) is 2.35. The number of carbonyl (C=O) groups is 1. The molecule has 0 saturated carbocycles. The van der Waals surface area contributed by atoms with E-state index in [1.807, 2.05) is 0 Å². The molecule has 2 nitrogen and oxygen atoms in total. The van der Waals surface area contributed by atoms with Crippen molar-refractivity contribution in [3.8, 4) is 11.1 Å². The van der Waals surface area contributed by atoms with Gasteiger partial charge in [-0.3, -0.25) is 0 Å². The van der Waals surface area contributed by atoms with Crippen LogP contribution in [-0.4, -0.2) is 13.1 Å². The fourth-order valence-electron chi connectivity index (χ4n) is 1.75. The molecule has 19 heavy (non-hydrogen) atoms. The molecule has 0 amide bonds. The first-order chi connectivity index (χ1) is 9.06. The highest BCUT2D eigenvalue weighted by Gasteiger charge is 2.19. The Bertz CT molecular complexity index is 621. The molecule has 0 heterocycles. The maximum absolute atomic E-state index is 14.3. The SMILES string of the molecule is COC(=O)c1cccc(-c2c(Cl)cccc2Cl)c1F. The molecule has 0 aliphatic rings. The van der Waals surface area contributed by atoms with Crippen molar-refractivity contribution in [1.29, 1.82) is 0 Å². The number of methoxy groups -OCH3 is 1. The van der Waals surface area contributed by atoms with Crippen molar-refractivity contribution in [3.05, 3.63) is 57.8 Å². The Morgan fingerprint density at radius 3 is 2.26 bits per heavy atom. The predicted octanol–water partition coefficient (Wildman–Crippen LogP) is 4.59. The normalized spacial score (nSPS) is 10.3. The Morgan fingerprint density at radius 1 is 1.11 bits per heavy atom. The third kappa shape index (κ3) is 2.57. The number of rotatable bonds is 2. The minimum atomic E-state index is -0.748. The van der Waals surface area contributed by atoms with Crippen LogP contribution in [-0.2, 0) is 4.74 Å². The van der Waals surface area contributed by atoms with Crippen LogP contribution in [0.2, 0.25) is 10.0 Å². The number of esters is 1. The van der Waals surface area contributed by atoms with Crippen LogP contribution < -0.4 is 0 Å². The van der Waals surface area contributed by atoms with Crippen molar-refractivity contribution in [2.75, 3.05) is 7.11 Å². The Hall–Kier alpha value is -1.58. The summed E-state index contributed by atoms with van der Waals surface area (Å²) < 4.78 is 18.9. The Kier molecular flexibility index (Phi) is 4.08. The number of ether oxygens (including phenoxy) is 1. The molecule has 0 bridgehead atoms. The van der Waals surface area contributed by atoms with Crippen LogP contribution in [0.3, 0.4) is 0 Å². The van der Waals surface area contributed by atoms with Crippen LogP contribution in [0.25, 0.3) is 11.1 Å². The van der Waals surface area contributed by atoms with E-state index in [0.29, 0.717) is 15.6 Å². The second-order valence-electron chi connectivity index (χ2n) is 3.76. The highest BCUT2D eigenvalue weighted by Crippen LogP contribution is 2.36. The van der Waals surface area contributed by atoms with Crippen molar-refractivity contribution in [2.45, 2.75) is 0 Å². The van der Waals surface area contributed by atoms with Gasteiger partial charge < -0.3 is 4.74 Å². The van der Waals surface area contributed by atoms with Crippen LogP contribution in [0.4, 0.5) is 4.39 Å². The van der Waals surface area contributed by atoms with Gasteiger partial charge in [-0.05, 0) is 18.2 Å². The lowest BCUT2D eigenvalue weighted by atomic mass is 10.0. The molecular weight excluding hydrogens is 290 g/mol. The number of hydrogen-bond donors (Lipinski definition) is 0. The molecule has 2 rings (SSSR count). The standard InChI is InChI=1S/C14H9Cl2FO2/c1-19-14(18)9-5-2-4-8(13(9)17)12-10(15)6-3-7-11(12)16/h2-7H,1H3. The number of carbonyl (C=O) groups excluding carboxylic acids is 1. The van der Waals surface area contributed by atoms with Gasteiger partial charge in [0.05, 0.1) is 12.7 Å². The Balaban J connectivity index is 2.67. The Morgan fingerprint density at radius 2 is 1.68 bits per heavy atom. The lowest BCUT2D eigenvalue weighted by molar-refractivity contribution is 0.0595. The zero-order valence-corrected chi connectivity index (χ0v) is 11.4. The van der Waals surface area contributed by atoms with E-state index in [2.05, 4.69) is 4.74 Å². The van der Waals surface area contributed by atoms with E-state index >= 15 is 0 Å². The third-order valence-corrected chi connectivity index (χ3v) is 3.27. The maximum atomic E-state index is 14.3. The number of benzene rings is 2. The van der Waals surface area contributed by atoms with Gasteiger partial charge in [-0.25, -0.2) is 9.18 Å². The second kappa shape index (κ2) is 5.59. The summed E-state index contributed by atoms with van der Waals surface area (Å²) in [5.74, 6) is -1.45. The lowest BCUT2D eigenvalue weighted by Crippen LogP contribution is -2.05. The summed E-state index contributed by atoms with van der Waals surface area (Å²) in [6, 6.07) is 9.27. The monoisotopic (exact) mass is 298 g/mol.